The smallest absolute Gasteiger partial charge is 0.329 e. The van der Waals surface area contributed by atoms with E-state index in [0.717, 1.165) is 6.21 Å². The fourth-order valence-corrected chi connectivity index (χ4v) is 1.73. The summed E-state index contributed by atoms with van der Waals surface area (Å²) in [5, 5.41) is 16.8. The van der Waals surface area contributed by atoms with Gasteiger partial charge >= 0.3 is 11.8 Å². The standard InChI is InChI=1S/C15H13N5O4/c21-14(17-10-12-6-3-4-8-16-12)15(22)19-18-9-11-5-1-2-7-13(11)20(23)24/h1-9H,10H2,(H,17,21)(H,19,22)/b18-9+. The van der Waals surface area contributed by atoms with Gasteiger partial charge in [0.05, 0.1) is 28.9 Å². The number of carbonyl (C=O) groups excluding carboxylic acids is 2. The molecule has 0 saturated carbocycles. The molecule has 2 amide bonds. The lowest BCUT2D eigenvalue weighted by atomic mass is 10.2. The van der Waals surface area contributed by atoms with Crippen LogP contribution < -0.4 is 10.7 Å². The second-order valence-corrected chi connectivity index (χ2v) is 4.52. The minimum Gasteiger partial charge on any atom is -0.342 e. The molecule has 0 radical (unpaired) electrons. The molecule has 9 heteroatoms. The quantitative estimate of drug-likeness (QED) is 0.363. The first-order chi connectivity index (χ1) is 11.6. The maximum Gasteiger partial charge on any atom is 0.329 e. The average molecular weight is 327 g/mol. The number of nitro groups is 1. The van der Waals surface area contributed by atoms with E-state index in [0.29, 0.717) is 5.69 Å². The Morgan fingerprint density at radius 2 is 1.92 bits per heavy atom. The summed E-state index contributed by atoms with van der Waals surface area (Å²) in [7, 11) is 0. The van der Waals surface area contributed by atoms with Crippen molar-refractivity contribution in [1.82, 2.24) is 15.7 Å². The van der Waals surface area contributed by atoms with Crippen LogP contribution in [0.1, 0.15) is 11.3 Å². The monoisotopic (exact) mass is 327 g/mol. The summed E-state index contributed by atoms with van der Waals surface area (Å²) < 4.78 is 0. The van der Waals surface area contributed by atoms with E-state index in [-0.39, 0.29) is 17.8 Å². The van der Waals surface area contributed by atoms with Crippen LogP contribution in [-0.4, -0.2) is 27.9 Å². The second kappa shape index (κ2) is 8.13. The zero-order valence-electron chi connectivity index (χ0n) is 12.4. The van der Waals surface area contributed by atoms with Crippen molar-refractivity contribution in [2.45, 2.75) is 6.54 Å². The molecule has 1 heterocycles. The number of rotatable bonds is 5. The summed E-state index contributed by atoms with van der Waals surface area (Å²) in [5.74, 6) is -1.87. The van der Waals surface area contributed by atoms with E-state index >= 15 is 0 Å². The molecule has 2 aromatic rings. The highest BCUT2D eigenvalue weighted by Gasteiger charge is 2.13. The third-order valence-corrected chi connectivity index (χ3v) is 2.87. The van der Waals surface area contributed by atoms with E-state index in [4.69, 9.17) is 0 Å². The average Bonchev–Trinajstić information content (AvgIpc) is 2.60. The van der Waals surface area contributed by atoms with Gasteiger partial charge in [0.1, 0.15) is 0 Å². The maximum atomic E-state index is 11.6. The lowest BCUT2D eigenvalue weighted by Gasteiger charge is -2.03. The van der Waals surface area contributed by atoms with E-state index in [1.807, 2.05) is 5.43 Å². The van der Waals surface area contributed by atoms with Crippen molar-refractivity contribution in [3.63, 3.8) is 0 Å². The highest BCUT2D eigenvalue weighted by molar-refractivity contribution is 6.35. The van der Waals surface area contributed by atoms with E-state index in [1.165, 1.54) is 18.2 Å². The number of carbonyl (C=O) groups is 2. The number of amides is 2. The van der Waals surface area contributed by atoms with E-state index in [2.05, 4.69) is 15.4 Å². The van der Waals surface area contributed by atoms with Gasteiger partial charge in [0.15, 0.2) is 0 Å². The SMILES string of the molecule is O=C(NCc1ccccn1)C(=O)N/N=C/c1ccccc1[N+](=O)[O-]. The zero-order valence-corrected chi connectivity index (χ0v) is 12.4. The number of nitro benzene ring substituents is 1. The van der Waals surface area contributed by atoms with Crippen LogP contribution in [0.4, 0.5) is 5.69 Å². The summed E-state index contributed by atoms with van der Waals surface area (Å²) in [4.78, 5) is 37.4. The van der Waals surface area contributed by atoms with Crippen LogP contribution in [0.2, 0.25) is 0 Å². The third-order valence-electron chi connectivity index (χ3n) is 2.87. The molecule has 0 fully saturated rings. The molecule has 2 N–H and O–H groups in total. The molecule has 1 aromatic carbocycles. The minimum absolute atomic E-state index is 0.0982. The Balaban J connectivity index is 1.88. The van der Waals surface area contributed by atoms with Gasteiger partial charge < -0.3 is 5.32 Å². The van der Waals surface area contributed by atoms with Crippen LogP contribution >= 0.6 is 0 Å². The fraction of sp³-hybridized carbons (Fsp3) is 0.0667. The number of pyridine rings is 1. The predicted molar refractivity (Wildman–Crippen MR) is 84.9 cm³/mol. The molecule has 0 saturated heterocycles. The molecule has 24 heavy (non-hydrogen) atoms. The summed E-state index contributed by atoms with van der Waals surface area (Å²) in [6.45, 7) is 0.0982. The van der Waals surface area contributed by atoms with Crippen molar-refractivity contribution in [3.05, 3.63) is 70.0 Å². The van der Waals surface area contributed by atoms with Crippen LogP contribution in [0.25, 0.3) is 0 Å². The highest BCUT2D eigenvalue weighted by Crippen LogP contribution is 2.14. The van der Waals surface area contributed by atoms with Crippen LogP contribution in [0.5, 0.6) is 0 Å². The number of nitrogens with one attached hydrogen (secondary N) is 2. The number of aromatic nitrogens is 1. The van der Waals surface area contributed by atoms with Gasteiger partial charge in [-0.1, -0.05) is 18.2 Å². The number of hydrogen-bond donors (Lipinski definition) is 2. The normalized spacial score (nSPS) is 10.3. The van der Waals surface area contributed by atoms with Crippen molar-refractivity contribution >= 4 is 23.7 Å². The number of para-hydroxylation sites is 1. The number of nitrogens with zero attached hydrogens (tertiary/aromatic N) is 3. The Morgan fingerprint density at radius 1 is 1.17 bits per heavy atom. The Morgan fingerprint density at radius 3 is 2.62 bits per heavy atom. The molecule has 2 rings (SSSR count). The molecule has 1 aromatic heterocycles. The van der Waals surface area contributed by atoms with Gasteiger partial charge in [-0.25, -0.2) is 5.43 Å². The van der Waals surface area contributed by atoms with E-state index < -0.39 is 16.7 Å². The van der Waals surface area contributed by atoms with Crippen molar-refractivity contribution in [2.24, 2.45) is 5.10 Å². The first-order valence-corrected chi connectivity index (χ1v) is 6.82. The number of hydrogen-bond acceptors (Lipinski definition) is 6. The van der Waals surface area contributed by atoms with E-state index in [9.17, 15) is 19.7 Å². The number of benzene rings is 1. The summed E-state index contributed by atoms with van der Waals surface area (Å²) in [5.41, 5.74) is 2.66. The van der Waals surface area contributed by atoms with Gasteiger partial charge in [0, 0.05) is 12.3 Å². The predicted octanol–water partition coefficient (Wildman–Crippen LogP) is 0.756. The van der Waals surface area contributed by atoms with Crippen molar-refractivity contribution in [1.29, 1.82) is 0 Å². The van der Waals surface area contributed by atoms with E-state index in [1.54, 1.807) is 30.5 Å². The van der Waals surface area contributed by atoms with Crippen LogP contribution in [0.15, 0.2) is 53.8 Å². The second-order valence-electron chi connectivity index (χ2n) is 4.52. The van der Waals surface area contributed by atoms with Crippen molar-refractivity contribution in [3.8, 4) is 0 Å². The van der Waals surface area contributed by atoms with Gasteiger partial charge in [-0.2, -0.15) is 5.10 Å². The molecule has 0 aliphatic heterocycles. The first kappa shape index (κ1) is 16.7. The van der Waals surface area contributed by atoms with Crippen molar-refractivity contribution in [2.75, 3.05) is 0 Å². The molecule has 0 unspecified atom stereocenters. The summed E-state index contributed by atoms with van der Waals surface area (Å²) in [6, 6.07) is 11.1. The topological polar surface area (TPSA) is 127 Å². The Bertz CT molecular complexity index is 776. The molecule has 0 aliphatic rings. The Kier molecular flexibility index (Phi) is 5.67. The van der Waals surface area contributed by atoms with Crippen molar-refractivity contribution < 1.29 is 14.5 Å². The van der Waals surface area contributed by atoms with Crippen LogP contribution in [-0.2, 0) is 16.1 Å². The van der Waals surface area contributed by atoms with Gasteiger partial charge in [0.25, 0.3) is 5.69 Å². The summed E-state index contributed by atoms with van der Waals surface area (Å²) >= 11 is 0. The summed E-state index contributed by atoms with van der Waals surface area (Å²) in [6.07, 6.45) is 2.67. The highest BCUT2D eigenvalue weighted by atomic mass is 16.6. The molecule has 0 atom stereocenters. The Hall–Kier alpha value is -3.62. The number of hydrazone groups is 1. The van der Waals surface area contributed by atoms with Gasteiger partial charge in [-0.3, -0.25) is 24.7 Å². The van der Waals surface area contributed by atoms with Gasteiger partial charge in [-0.05, 0) is 18.2 Å². The lowest BCUT2D eigenvalue weighted by Crippen LogP contribution is -2.37. The van der Waals surface area contributed by atoms with Gasteiger partial charge in [0.2, 0.25) is 0 Å². The van der Waals surface area contributed by atoms with Crippen LogP contribution in [0, 0.1) is 10.1 Å². The molecule has 0 bridgehead atoms. The molecule has 9 nitrogen and oxygen atoms in total. The Labute approximate surface area is 136 Å². The fourth-order valence-electron chi connectivity index (χ4n) is 1.73. The van der Waals surface area contributed by atoms with Gasteiger partial charge in [-0.15, -0.1) is 0 Å². The third kappa shape index (κ3) is 4.70. The molecular formula is C15H13N5O4. The zero-order chi connectivity index (χ0) is 17.4. The first-order valence-electron chi connectivity index (χ1n) is 6.82. The van der Waals surface area contributed by atoms with Crippen LogP contribution in [0.3, 0.4) is 0 Å². The lowest BCUT2D eigenvalue weighted by molar-refractivity contribution is -0.385. The molecule has 122 valence electrons. The minimum atomic E-state index is -0.985. The molecule has 0 spiro atoms. The molecule has 0 aliphatic carbocycles. The maximum absolute atomic E-state index is 11.6. The molecular weight excluding hydrogens is 314 g/mol. The largest absolute Gasteiger partial charge is 0.342 e.